The van der Waals surface area contributed by atoms with E-state index in [1.165, 1.54) is 0 Å². The summed E-state index contributed by atoms with van der Waals surface area (Å²) in [6, 6.07) is 6.39. The van der Waals surface area contributed by atoms with E-state index >= 15 is 0 Å². The van der Waals surface area contributed by atoms with Crippen molar-refractivity contribution in [1.82, 2.24) is 9.80 Å². The molecule has 2 rings (SSSR count). The number of ether oxygens (including phenoxy) is 1. The molecule has 118 valence electrons. The molecule has 1 atom stereocenters. The van der Waals surface area contributed by atoms with E-state index in [0.29, 0.717) is 6.04 Å². The third-order valence-electron chi connectivity index (χ3n) is 3.92. The molecule has 1 fully saturated rings. The molecule has 0 aromatic heterocycles. The van der Waals surface area contributed by atoms with Crippen molar-refractivity contribution in [2.75, 3.05) is 57.9 Å². The van der Waals surface area contributed by atoms with Crippen molar-refractivity contribution in [3.8, 4) is 5.75 Å². The summed E-state index contributed by atoms with van der Waals surface area (Å²) < 4.78 is 5.67. The number of piperazine rings is 1. The topological polar surface area (TPSA) is 53.8 Å². The molecule has 1 aromatic carbocycles. The van der Waals surface area contributed by atoms with Crippen LogP contribution >= 0.6 is 0 Å². The molecule has 0 amide bonds. The lowest BCUT2D eigenvalue weighted by Gasteiger charge is -2.37. The summed E-state index contributed by atoms with van der Waals surface area (Å²) >= 11 is 0. The molecule has 0 aliphatic carbocycles. The SMILES string of the molecule is CCCOc1cc(N)cc(NCC2CN(C)CCN2C)c1. The Balaban J connectivity index is 1.94. The first kappa shape index (κ1) is 15.9. The average molecular weight is 292 g/mol. The van der Waals surface area contributed by atoms with Gasteiger partial charge in [-0.05, 0) is 26.6 Å². The number of hydrogen-bond donors (Lipinski definition) is 2. The minimum Gasteiger partial charge on any atom is -0.493 e. The largest absolute Gasteiger partial charge is 0.493 e. The van der Waals surface area contributed by atoms with E-state index in [0.717, 1.165) is 56.3 Å². The molecule has 1 aromatic rings. The number of hydrogen-bond acceptors (Lipinski definition) is 5. The fourth-order valence-corrected chi connectivity index (χ4v) is 2.58. The number of nitrogens with two attached hydrogens (primary N) is 1. The molecule has 1 aliphatic heterocycles. The number of rotatable bonds is 6. The summed E-state index contributed by atoms with van der Waals surface area (Å²) in [6.07, 6.45) is 0.997. The number of nitrogen functional groups attached to an aromatic ring is 1. The van der Waals surface area contributed by atoms with Gasteiger partial charge in [0.25, 0.3) is 0 Å². The van der Waals surface area contributed by atoms with Crippen LogP contribution in [0.2, 0.25) is 0 Å². The van der Waals surface area contributed by atoms with Gasteiger partial charge in [0.2, 0.25) is 0 Å². The molecule has 1 aliphatic rings. The van der Waals surface area contributed by atoms with Crippen molar-refractivity contribution < 1.29 is 4.74 Å². The zero-order chi connectivity index (χ0) is 15.2. The Morgan fingerprint density at radius 1 is 1.29 bits per heavy atom. The Hall–Kier alpha value is -1.46. The minimum absolute atomic E-state index is 0.519. The second-order valence-corrected chi connectivity index (χ2v) is 5.92. The van der Waals surface area contributed by atoms with Crippen LogP contribution in [0.25, 0.3) is 0 Å². The van der Waals surface area contributed by atoms with Gasteiger partial charge in [0.1, 0.15) is 5.75 Å². The minimum atomic E-state index is 0.519. The number of nitrogens with zero attached hydrogens (tertiary/aromatic N) is 2. The van der Waals surface area contributed by atoms with Crippen molar-refractivity contribution in [1.29, 1.82) is 0 Å². The van der Waals surface area contributed by atoms with Gasteiger partial charge in [-0.1, -0.05) is 6.92 Å². The number of benzene rings is 1. The van der Waals surface area contributed by atoms with Gasteiger partial charge in [-0.25, -0.2) is 0 Å². The van der Waals surface area contributed by atoms with E-state index in [1.54, 1.807) is 0 Å². The first-order valence-electron chi connectivity index (χ1n) is 7.74. The molecule has 0 spiro atoms. The van der Waals surface area contributed by atoms with Crippen LogP contribution in [-0.4, -0.2) is 62.7 Å². The van der Waals surface area contributed by atoms with E-state index in [1.807, 2.05) is 18.2 Å². The van der Waals surface area contributed by atoms with Gasteiger partial charge in [-0.15, -0.1) is 0 Å². The highest BCUT2D eigenvalue weighted by Crippen LogP contribution is 2.23. The molecule has 1 unspecified atom stereocenters. The molecule has 21 heavy (non-hydrogen) atoms. The number of nitrogens with one attached hydrogen (secondary N) is 1. The second kappa shape index (κ2) is 7.52. The van der Waals surface area contributed by atoms with Crippen molar-refractivity contribution >= 4 is 11.4 Å². The fourth-order valence-electron chi connectivity index (χ4n) is 2.58. The molecule has 5 heteroatoms. The van der Waals surface area contributed by atoms with Gasteiger partial charge in [-0.2, -0.15) is 0 Å². The first-order valence-corrected chi connectivity index (χ1v) is 7.74. The summed E-state index contributed by atoms with van der Waals surface area (Å²) in [6.45, 7) is 7.08. The Morgan fingerprint density at radius 3 is 2.86 bits per heavy atom. The summed E-state index contributed by atoms with van der Waals surface area (Å²) in [7, 11) is 4.37. The second-order valence-electron chi connectivity index (χ2n) is 5.92. The van der Waals surface area contributed by atoms with E-state index in [-0.39, 0.29) is 0 Å². The molecule has 0 bridgehead atoms. The summed E-state index contributed by atoms with van der Waals surface area (Å²) in [5.74, 6) is 0.841. The number of anilines is 2. The van der Waals surface area contributed by atoms with Gasteiger partial charge in [0, 0.05) is 55.7 Å². The predicted octanol–water partition coefficient (Wildman–Crippen LogP) is 1.72. The zero-order valence-electron chi connectivity index (χ0n) is 13.4. The predicted molar refractivity (Wildman–Crippen MR) is 89.0 cm³/mol. The van der Waals surface area contributed by atoms with Crippen LogP contribution in [0.5, 0.6) is 5.75 Å². The van der Waals surface area contributed by atoms with Gasteiger partial charge in [0.05, 0.1) is 6.61 Å². The van der Waals surface area contributed by atoms with Crippen molar-refractivity contribution in [2.24, 2.45) is 0 Å². The van der Waals surface area contributed by atoms with Crippen LogP contribution in [0.15, 0.2) is 18.2 Å². The van der Waals surface area contributed by atoms with E-state index in [2.05, 4.69) is 36.1 Å². The van der Waals surface area contributed by atoms with Gasteiger partial charge in [-0.3, -0.25) is 4.90 Å². The highest BCUT2D eigenvalue weighted by atomic mass is 16.5. The van der Waals surface area contributed by atoms with Crippen LogP contribution in [-0.2, 0) is 0 Å². The maximum absolute atomic E-state index is 5.95. The Morgan fingerprint density at radius 2 is 2.10 bits per heavy atom. The normalized spacial score (nSPS) is 20.4. The van der Waals surface area contributed by atoms with Crippen LogP contribution in [0, 0.1) is 0 Å². The molecule has 1 heterocycles. The van der Waals surface area contributed by atoms with Gasteiger partial charge in [0.15, 0.2) is 0 Å². The van der Waals surface area contributed by atoms with Gasteiger partial charge < -0.3 is 20.7 Å². The van der Waals surface area contributed by atoms with E-state index in [9.17, 15) is 0 Å². The fraction of sp³-hybridized carbons (Fsp3) is 0.625. The highest BCUT2D eigenvalue weighted by molar-refractivity contribution is 5.59. The van der Waals surface area contributed by atoms with Crippen LogP contribution in [0.4, 0.5) is 11.4 Å². The molecule has 0 radical (unpaired) electrons. The maximum atomic E-state index is 5.95. The Bertz CT molecular complexity index is 452. The Labute approximate surface area is 128 Å². The Kier molecular flexibility index (Phi) is 5.70. The standard InChI is InChI=1S/C16H28N4O/c1-4-7-21-16-9-13(17)8-14(10-16)18-11-15-12-19(2)5-6-20(15)3/h8-10,15,18H,4-7,11-12,17H2,1-3H3. The van der Waals surface area contributed by atoms with Crippen molar-refractivity contribution in [3.63, 3.8) is 0 Å². The smallest absolute Gasteiger partial charge is 0.123 e. The lowest BCUT2D eigenvalue weighted by molar-refractivity contribution is 0.122. The molecule has 5 nitrogen and oxygen atoms in total. The van der Waals surface area contributed by atoms with Crippen molar-refractivity contribution in [3.05, 3.63) is 18.2 Å². The summed E-state index contributed by atoms with van der Waals surface area (Å²) in [5, 5.41) is 3.49. The van der Waals surface area contributed by atoms with Crippen LogP contribution in [0.3, 0.4) is 0 Å². The van der Waals surface area contributed by atoms with Gasteiger partial charge >= 0.3 is 0 Å². The molecule has 3 N–H and O–H groups in total. The third kappa shape index (κ3) is 4.79. The molecule has 1 saturated heterocycles. The third-order valence-corrected chi connectivity index (χ3v) is 3.92. The summed E-state index contributed by atoms with van der Waals surface area (Å²) in [4.78, 5) is 4.79. The van der Waals surface area contributed by atoms with Crippen molar-refractivity contribution in [2.45, 2.75) is 19.4 Å². The molecule has 0 saturated carbocycles. The monoisotopic (exact) mass is 292 g/mol. The van der Waals surface area contributed by atoms with Crippen LogP contribution < -0.4 is 15.8 Å². The quantitative estimate of drug-likeness (QED) is 0.782. The molecular formula is C16H28N4O. The van der Waals surface area contributed by atoms with Crippen LogP contribution in [0.1, 0.15) is 13.3 Å². The lowest BCUT2D eigenvalue weighted by atomic mass is 10.1. The molecular weight excluding hydrogens is 264 g/mol. The van der Waals surface area contributed by atoms with E-state index < -0.39 is 0 Å². The zero-order valence-corrected chi connectivity index (χ0v) is 13.4. The highest BCUT2D eigenvalue weighted by Gasteiger charge is 2.21. The maximum Gasteiger partial charge on any atom is 0.123 e. The number of likely N-dealkylation sites (N-methyl/N-ethyl adjacent to an activating group) is 2. The lowest BCUT2D eigenvalue weighted by Crippen LogP contribution is -2.52. The average Bonchev–Trinajstić information content (AvgIpc) is 2.45. The first-order chi connectivity index (χ1) is 10.1. The van der Waals surface area contributed by atoms with E-state index in [4.69, 9.17) is 10.5 Å². The summed E-state index contributed by atoms with van der Waals surface area (Å²) in [5.41, 5.74) is 7.72.